The maximum atomic E-state index is 11.6. The van der Waals surface area contributed by atoms with Crippen molar-refractivity contribution in [3.05, 3.63) is 6.42 Å². The predicted molar refractivity (Wildman–Crippen MR) is 62.9 cm³/mol. The Labute approximate surface area is 104 Å². The third kappa shape index (κ3) is 1.97. The highest BCUT2D eigenvalue weighted by atomic mass is 31.2. The molecule has 0 aliphatic carbocycles. The summed E-state index contributed by atoms with van der Waals surface area (Å²) < 4.78 is 23.2. The molecule has 0 atom stereocenters. The van der Waals surface area contributed by atoms with Gasteiger partial charge in [0.2, 0.25) is 0 Å². The topological polar surface area (TPSA) is 131 Å². The van der Waals surface area contributed by atoms with E-state index in [0.29, 0.717) is 25.2 Å². The smallest absolute Gasteiger partial charge is 0.333 e. The lowest BCUT2D eigenvalue weighted by Gasteiger charge is -2.39. The van der Waals surface area contributed by atoms with Crippen LogP contribution in [0.1, 0.15) is 19.3 Å². The standard InChI is InChI=1S/C8H14N2O6P2/c11-17(12,13)8(18(14,15)16)4-2-6-10(8)7-3-1-5-9-7/h1-3,5-6H2,(H2,11,12,13)(H2,14,15,16). The van der Waals surface area contributed by atoms with Gasteiger partial charge in [-0.2, -0.15) is 0 Å². The van der Waals surface area contributed by atoms with Crippen LogP contribution in [0.5, 0.6) is 0 Å². The van der Waals surface area contributed by atoms with Gasteiger partial charge < -0.3 is 24.5 Å². The van der Waals surface area contributed by atoms with Crippen LogP contribution in [0.4, 0.5) is 0 Å². The van der Waals surface area contributed by atoms with E-state index in [2.05, 4.69) is 11.4 Å². The number of hydrogen-bond acceptors (Lipinski definition) is 4. The van der Waals surface area contributed by atoms with Gasteiger partial charge in [0.05, 0.1) is 0 Å². The van der Waals surface area contributed by atoms with Crippen LogP contribution in [-0.2, 0) is 9.13 Å². The van der Waals surface area contributed by atoms with Crippen LogP contribution in [0.25, 0.3) is 0 Å². The zero-order valence-electron chi connectivity index (χ0n) is 9.43. The van der Waals surface area contributed by atoms with Crippen molar-refractivity contribution < 1.29 is 28.7 Å². The number of hydrogen-bond donors (Lipinski definition) is 4. The van der Waals surface area contributed by atoms with Gasteiger partial charge in [0.15, 0.2) is 0 Å². The Hall–Kier alpha value is -0.230. The van der Waals surface area contributed by atoms with Crippen LogP contribution in [-0.4, -0.2) is 48.4 Å². The summed E-state index contributed by atoms with van der Waals surface area (Å²) in [5, 5.41) is -2.66. The zero-order valence-corrected chi connectivity index (χ0v) is 11.2. The predicted octanol–water partition coefficient (Wildman–Crippen LogP) is -0.0251. The molecule has 1 fully saturated rings. The molecule has 10 heteroatoms. The van der Waals surface area contributed by atoms with Crippen molar-refractivity contribution in [3.8, 4) is 0 Å². The molecule has 0 aromatic heterocycles. The van der Waals surface area contributed by atoms with Gasteiger partial charge in [-0.05, 0) is 12.8 Å². The summed E-state index contributed by atoms with van der Waals surface area (Å²) in [5.41, 5.74) is 0. The maximum absolute atomic E-state index is 11.6. The molecule has 8 nitrogen and oxygen atoms in total. The van der Waals surface area contributed by atoms with E-state index in [0.717, 1.165) is 4.90 Å². The van der Waals surface area contributed by atoms with Gasteiger partial charge in [-0.15, -0.1) is 0 Å². The highest BCUT2D eigenvalue weighted by Gasteiger charge is 2.67. The molecule has 2 aliphatic heterocycles. The van der Waals surface area contributed by atoms with Gasteiger partial charge in [0.25, 0.3) is 5.02 Å². The zero-order chi connectivity index (χ0) is 13.6. The highest BCUT2D eigenvalue weighted by Crippen LogP contribution is 2.73. The van der Waals surface area contributed by atoms with Crippen molar-refractivity contribution in [2.24, 2.45) is 4.99 Å². The van der Waals surface area contributed by atoms with Crippen molar-refractivity contribution in [3.63, 3.8) is 0 Å². The summed E-state index contributed by atoms with van der Waals surface area (Å²) in [4.78, 5) is 42.7. The molecule has 102 valence electrons. The summed E-state index contributed by atoms with van der Waals surface area (Å²) in [6, 6.07) is 0. The lowest BCUT2D eigenvalue weighted by Crippen LogP contribution is -2.46. The molecule has 0 amide bonds. The van der Waals surface area contributed by atoms with E-state index >= 15 is 0 Å². The minimum Gasteiger partial charge on any atom is -0.333 e. The Morgan fingerprint density at radius 2 is 1.83 bits per heavy atom. The van der Waals surface area contributed by atoms with Crippen molar-refractivity contribution in [1.82, 2.24) is 4.90 Å². The second kappa shape index (κ2) is 4.40. The molecule has 2 radical (unpaired) electrons. The molecular weight excluding hydrogens is 282 g/mol. The van der Waals surface area contributed by atoms with Crippen LogP contribution in [0.15, 0.2) is 4.99 Å². The van der Waals surface area contributed by atoms with Crippen LogP contribution in [0.3, 0.4) is 0 Å². The van der Waals surface area contributed by atoms with Crippen molar-refractivity contribution in [1.29, 1.82) is 0 Å². The Morgan fingerprint density at radius 1 is 1.22 bits per heavy atom. The minimum atomic E-state index is -5.10. The molecule has 1 saturated heterocycles. The third-order valence-electron chi connectivity index (χ3n) is 3.05. The van der Waals surface area contributed by atoms with Crippen molar-refractivity contribution in [2.45, 2.75) is 24.3 Å². The van der Waals surface area contributed by atoms with Gasteiger partial charge in [-0.25, -0.2) is 0 Å². The molecule has 18 heavy (non-hydrogen) atoms. The average molecular weight is 296 g/mol. The Morgan fingerprint density at radius 3 is 2.28 bits per heavy atom. The Bertz CT molecular complexity index is 444. The molecule has 2 heterocycles. The second-order valence-corrected chi connectivity index (χ2v) is 8.03. The first kappa shape index (κ1) is 14.2. The molecular formula is C8H14N2O6P2. The summed E-state index contributed by atoms with van der Waals surface area (Å²) in [6.45, 7) is 0.610. The van der Waals surface area contributed by atoms with Gasteiger partial charge >= 0.3 is 15.2 Å². The molecule has 0 unspecified atom stereocenters. The van der Waals surface area contributed by atoms with Gasteiger partial charge in [-0.3, -0.25) is 14.1 Å². The van der Waals surface area contributed by atoms with Gasteiger partial charge in [0, 0.05) is 25.9 Å². The third-order valence-corrected chi connectivity index (χ3v) is 7.04. The Kier molecular flexibility index (Phi) is 3.47. The van der Waals surface area contributed by atoms with Crippen LogP contribution in [0, 0.1) is 6.42 Å². The van der Waals surface area contributed by atoms with Crippen molar-refractivity contribution >= 4 is 21.0 Å². The lowest BCUT2D eigenvalue weighted by molar-refractivity contribution is 0.265. The van der Waals surface area contributed by atoms with E-state index < -0.39 is 20.2 Å². The van der Waals surface area contributed by atoms with E-state index in [-0.39, 0.29) is 13.0 Å². The molecule has 2 rings (SSSR count). The molecule has 0 saturated carbocycles. The fourth-order valence-corrected chi connectivity index (χ4v) is 5.38. The molecule has 2 aliphatic rings. The minimum absolute atomic E-state index is 0.0786. The molecule has 0 aromatic rings. The number of nitrogens with zero attached hydrogens (tertiary/aromatic N) is 2. The quantitative estimate of drug-likeness (QED) is 0.526. The van der Waals surface area contributed by atoms with Crippen molar-refractivity contribution in [2.75, 3.05) is 13.1 Å². The van der Waals surface area contributed by atoms with Gasteiger partial charge in [0.1, 0.15) is 5.84 Å². The number of rotatable bonds is 2. The number of likely N-dealkylation sites (tertiary alicyclic amines) is 1. The highest BCUT2D eigenvalue weighted by molar-refractivity contribution is 7.72. The van der Waals surface area contributed by atoms with Crippen LogP contribution >= 0.6 is 15.2 Å². The van der Waals surface area contributed by atoms with E-state index in [1.807, 2.05) is 0 Å². The van der Waals surface area contributed by atoms with E-state index in [1.54, 1.807) is 0 Å². The van der Waals surface area contributed by atoms with E-state index in [1.165, 1.54) is 0 Å². The first-order valence-corrected chi connectivity index (χ1v) is 8.60. The largest absolute Gasteiger partial charge is 0.364 e. The van der Waals surface area contributed by atoms with Gasteiger partial charge in [-0.1, -0.05) is 0 Å². The van der Waals surface area contributed by atoms with E-state index in [9.17, 15) is 28.7 Å². The summed E-state index contributed by atoms with van der Waals surface area (Å²) in [7, 11) is -10.2. The summed E-state index contributed by atoms with van der Waals surface area (Å²) >= 11 is 0. The fourth-order valence-electron chi connectivity index (χ4n) is 2.33. The molecule has 0 bridgehead atoms. The first-order chi connectivity index (χ1) is 8.20. The van der Waals surface area contributed by atoms with Crippen LogP contribution in [0.2, 0.25) is 0 Å². The molecule has 0 aromatic carbocycles. The summed E-state index contributed by atoms with van der Waals surface area (Å²) in [5.74, 6) is 0.339. The maximum Gasteiger partial charge on any atom is 0.364 e. The normalized spacial score (nSPS) is 24.4. The molecule has 4 N–H and O–H groups in total. The Balaban J connectivity index is 2.52. The first-order valence-electron chi connectivity index (χ1n) is 5.37. The average Bonchev–Trinajstić information content (AvgIpc) is 2.84. The van der Waals surface area contributed by atoms with Crippen LogP contribution < -0.4 is 0 Å². The SMILES string of the molecule is O=P(O)(O)C1(P(=O)(O)O)[C]CCN1C1=NCCC1. The fraction of sp³-hybridized carbons (Fsp3) is 0.750. The number of amidine groups is 1. The lowest BCUT2D eigenvalue weighted by atomic mass is 10.3. The molecule has 0 spiro atoms. The summed E-state index contributed by atoms with van der Waals surface area (Å²) in [6.07, 6.45) is 3.55. The monoisotopic (exact) mass is 296 g/mol. The second-order valence-electron chi connectivity index (χ2n) is 4.20. The van der Waals surface area contributed by atoms with E-state index in [4.69, 9.17) is 0 Å². The number of aliphatic imine (C=N–C) groups is 1.